The fourth-order valence-corrected chi connectivity index (χ4v) is 2.46. The standard InChI is InChI=1S/C19H26N2O3/c1-3-4-5-6-7-8-9-17(19(23)24-2)21-18(22)16-12-10-15(14-20)11-13-16/h10-13,17H,3-9H2,1-2H3,(H,21,22)/t17-/m1/s1. The van der Waals surface area contributed by atoms with Gasteiger partial charge in [-0.15, -0.1) is 0 Å². The number of methoxy groups -OCH3 is 1. The van der Waals surface area contributed by atoms with E-state index in [-0.39, 0.29) is 5.91 Å². The molecule has 0 spiro atoms. The number of unbranched alkanes of at least 4 members (excludes halogenated alkanes) is 5. The molecule has 0 aliphatic rings. The molecule has 0 unspecified atom stereocenters. The Morgan fingerprint density at radius 2 is 1.75 bits per heavy atom. The normalized spacial score (nSPS) is 11.4. The summed E-state index contributed by atoms with van der Waals surface area (Å²) in [7, 11) is 1.32. The van der Waals surface area contributed by atoms with E-state index in [4.69, 9.17) is 10.00 Å². The molecule has 0 saturated carbocycles. The van der Waals surface area contributed by atoms with Crippen molar-refractivity contribution in [3.05, 3.63) is 35.4 Å². The summed E-state index contributed by atoms with van der Waals surface area (Å²) >= 11 is 0. The van der Waals surface area contributed by atoms with E-state index >= 15 is 0 Å². The maximum Gasteiger partial charge on any atom is 0.328 e. The fourth-order valence-electron chi connectivity index (χ4n) is 2.46. The highest BCUT2D eigenvalue weighted by molar-refractivity contribution is 5.96. The second-order valence-electron chi connectivity index (χ2n) is 5.79. The van der Waals surface area contributed by atoms with Crippen molar-refractivity contribution in [2.24, 2.45) is 0 Å². The summed E-state index contributed by atoms with van der Waals surface area (Å²) in [5.41, 5.74) is 0.911. The highest BCUT2D eigenvalue weighted by Crippen LogP contribution is 2.11. The maximum absolute atomic E-state index is 12.2. The van der Waals surface area contributed by atoms with Crippen molar-refractivity contribution in [1.29, 1.82) is 5.26 Å². The number of ether oxygens (including phenoxy) is 1. The Hall–Kier alpha value is -2.35. The van der Waals surface area contributed by atoms with E-state index in [1.165, 1.54) is 26.4 Å². The molecule has 0 radical (unpaired) electrons. The van der Waals surface area contributed by atoms with Gasteiger partial charge in [0.2, 0.25) is 0 Å². The van der Waals surface area contributed by atoms with Crippen LogP contribution in [-0.2, 0) is 9.53 Å². The van der Waals surface area contributed by atoms with Gasteiger partial charge in [0.05, 0.1) is 18.7 Å². The van der Waals surface area contributed by atoms with E-state index < -0.39 is 12.0 Å². The molecule has 1 atom stereocenters. The topological polar surface area (TPSA) is 79.2 Å². The van der Waals surface area contributed by atoms with Crippen LogP contribution in [0.3, 0.4) is 0 Å². The molecular formula is C19H26N2O3. The predicted octanol–water partition coefficient (Wildman–Crippen LogP) is 3.58. The summed E-state index contributed by atoms with van der Waals surface area (Å²) in [5, 5.41) is 11.5. The third kappa shape index (κ3) is 6.82. The Bertz CT molecular complexity index is 561. The van der Waals surface area contributed by atoms with Gasteiger partial charge in [-0.25, -0.2) is 4.79 Å². The monoisotopic (exact) mass is 330 g/mol. The molecule has 1 rings (SSSR count). The lowest BCUT2D eigenvalue weighted by Crippen LogP contribution is -2.41. The first-order valence-corrected chi connectivity index (χ1v) is 8.51. The molecule has 0 aliphatic carbocycles. The molecule has 130 valence electrons. The second kappa shape index (κ2) is 11.2. The smallest absolute Gasteiger partial charge is 0.328 e. The Balaban J connectivity index is 2.53. The summed E-state index contributed by atoms with van der Waals surface area (Å²) < 4.78 is 4.78. The number of carbonyl (C=O) groups is 2. The van der Waals surface area contributed by atoms with Crippen LogP contribution in [0.25, 0.3) is 0 Å². The SMILES string of the molecule is CCCCCCCC[C@@H](NC(=O)c1ccc(C#N)cc1)C(=O)OC. The lowest BCUT2D eigenvalue weighted by atomic mass is 10.0. The molecule has 0 aromatic heterocycles. The van der Waals surface area contributed by atoms with Crippen molar-refractivity contribution >= 4 is 11.9 Å². The number of esters is 1. The lowest BCUT2D eigenvalue weighted by molar-refractivity contribution is -0.143. The molecule has 5 heteroatoms. The van der Waals surface area contributed by atoms with Gasteiger partial charge in [-0.2, -0.15) is 5.26 Å². The molecule has 1 aromatic carbocycles. The van der Waals surface area contributed by atoms with Gasteiger partial charge in [-0.3, -0.25) is 4.79 Å². The number of benzene rings is 1. The first-order valence-electron chi connectivity index (χ1n) is 8.51. The van der Waals surface area contributed by atoms with Gasteiger partial charge < -0.3 is 10.1 Å². The number of hydrogen-bond donors (Lipinski definition) is 1. The average Bonchev–Trinajstić information content (AvgIpc) is 2.62. The van der Waals surface area contributed by atoms with E-state index in [1.54, 1.807) is 24.3 Å². The Kier molecular flexibility index (Phi) is 9.21. The van der Waals surface area contributed by atoms with Crippen LogP contribution in [0, 0.1) is 11.3 Å². The molecule has 1 aromatic rings. The molecule has 5 nitrogen and oxygen atoms in total. The largest absolute Gasteiger partial charge is 0.467 e. The Morgan fingerprint density at radius 1 is 1.12 bits per heavy atom. The van der Waals surface area contributed by atoms with Gasteiger partial charge in [0, 0.05) is 5.56 Å². The number of hydrogen-bond acceptors (Lipinski definition) is 4. The Labute approximate surface area is 144 Å². The minimum absolute atomic E-state index is 0.333. The van der Waals surface area contributed by atoms with Crippen LogP contribution >= 0.6 is 0 Å². The van der Waals surface area contributed by atoms with E-state index in [0.717, 1.165) is 19.3 Å². The quantitative estimate of drug-likeness (QED) is 0.525. The highest BCUT2D eigenvalue weighted by atomic mass is 16.5. The summed E-state index contributed by atoms with van der Waals surface area (Å²) in [6, 6.07) is 7.68. The summed E-state index contributed by atoms with van der Waals surface area (Å²) in [5.74, 6) is -0.758. The molecule has 0 fully saturated rings. The first-order chi connectivity index (χ1) is 11.6. The van der Waals surface area contributed by atoms with Gasteiger partial charge in [-0.05, 0) is 30.7 Å². The van der Waals surface area contributed by atoms with Crippen LogP contribution in [0.15, 0.2) is 24.3 Å². The van der Waals surface area contributed by atoms with Gasteiger partial charge in [0.1, 0.15) is 6.04 Å². The van der Waals surface area contributed by atoms with Gasteiger partial charge in [-0.1, -0.05) is 45.4 Å². The van der Waals surface area contributed by atoms with Crippen molar-refractivity contribution in [1.82, 2.24) is 5.32 Å². The number of amides is 1. The van der Waals surface area contributed by atoms with Crippen LogP contribution < -0.4 is 5.32 Å². The van der Waals surface area contributed by atoms with Gasteiger partial charge >= 0.3 is 5.97 Å². The van der Waals surface area contributed by atoms with E-state index in [1.807, 2.05) is 6.07 Å². The maximum atomic E-state index is 12.2. The van der Waals surface area contributed by atoms with Crippen LogP contribution in [0.4, 0.5) is 0 Å². The predicted molar refractivity (Wildman–Crippen MR) is 92.4 cm³/mol. The highest BCUT2D eigenvalue weighted by Gasteiger charge is 2.21. The number of nitriles is 1. The first kappa shape index (κ1) is 19.7. The van der Waals surface area contributed by atoms with Gasteiger partial charge in [0.15, 0.2) is 0 Å². The van der Waals surface area contributed by atoms with Crippen LogP contribution in [0.1, 0.15) is 67.8 Å². The zero-order valence-electron chi connectivity index (χ0n) is 14.5. The molecule has 0 saturated heterocycles. The molecule has 0 aliphatic heterocycles. The molecule has 1 N–H and O–H groups in total. The summed E-state index contributed by atoms with van der Waals surface area (Å²) in [6.07, 6.45) is 7.27. The molecule has 0 bridgehead atoms. The molecule has 0 heterocycles. The number of carbonyl (C=O) groups excluding carboxylic acids is 2. The van der Waals surface area contributed by atoms with E-state index in [2.05, 4.69) is 12.2 Å². The number of nitrogens with zero attached hydrogens (tertiary/aromatic N) is 1. The van der Waals surface area contributed by atoms with E-state index in [9.17, 15) is 9.59 Å². The average molecular weight is 330 g/mol. The molecule has 1 amide bonds. The summed E-state index contributed by atoms with van der Waals surface area (Å²) in [6.45, 7) is 2.17. The van der Waals surface area contributed by atoms with Crippen molar-refractivity contribution in [2.45, 2.75) is 57.9 Å². The van der Waals surface area contributed by atoms with Crippen LogP contribution in [-0.4, -0.2) is 25.0 Å². The number of nitrogens with one attached hydrogen (secondary N) is 1. The Morgan fingerprint density at radius 3 is 2.33 bits per heavy atom. The van der Waals surface area contributed by atoms with Crippen molar-refractivity contribution < 1.29 is 14.3 Å². The van der Waals surface area contributed by atoms with Crippen LogP contribution in [0.2, 0.25) is 0 Å². The third-order valence-corrected chi connectivity index (χ3v) is 3.91. The minimum atomic E-state index is -0.635. The van der Waals surface area contributed by atoms with Crippen molar-refractivity contribution in [3.63, 3.8) is 0 Å². The van der Waals surface area contributed by atoms with Crippen LogP contribution in [0.5, 0.6) is 0 Å². The fraction of sp³-hybridized carbons (Fsp3) is 0.526. The second-order valence-corrected chi connectivity index (χ2v) is 5.79. The molecule has 24 heavy (non-hydrogen) atoms. The minimum Gasteiger partial charge on any atom is -0.467 e. The van der Waals surface area contributed by atoms with Gasteiger partial charge in [0.25, 0.3) is 5.91 Å². The number of rotatable bonds is 10. The zero-order chi connectivity index (χ0) is 17.8. The van der Waals surface area contributed by atoms with Crippen molar-refractivity contribution in [2.75, 3.05) is 7.11 Å². The van der Waals surface area contributed by atoms with E-state index in [0.29, 0.717) is 17.5 Å². The molecular weight excluding hydrogens is 304 g/mol. The summed E-state index contributed by atoms with van der Waals surface area (Å²) in [4.78, 5) is 24.1. The zero-order valence-corrected chi connectivity index (χ0v) is 14.5. The third-order valence-electron chi connectivity index (χ3n) is 3.91. The van der Waals surface area contributed by atoms with Crippen molar-refractivity contribution in [3.8, 4) is 6.07 Å². The lowest BCUT2D eigenvalue weighted by Gasteiger charge is -2.16.